The number of nitrogens with two attached hydrogens (primary N) is 1. The summed E-state index contributed by atoms with van der Waals surface area (Å²) < 4.78 is 5.71. The fraction of sp³-hybridized carbons (Fsp3) is 0.600. The summed E-state index contributed by atoms with van der Waals surface area (Å²) >= 11 is 0. The van der Waals surface area contributed by atoms with Crippen LogP contribution in [0.3, 0.4) is 0 Å². The van der Waals surface area contributed by atoms with E-state index in [1.165, 1.54) is 36.9 Å². The summed E-state index contributed by atoms with van der Waals surface area (Å²) in [5.74, 6) is 1.02. The summed E-state index contributed by atoms with van der Waals surface area (Å²) in [7, 11) is 2.14. The molecule has 1 aromatic rings. The fourth-order valence-electron chi connectivity index (χ4n) is 3.46. The molecule has 96 valence electrons. The molecule has 2 fully saturated rings. The van der Waals surface area contributed by atoms with Gasteiger partial charge in [0.2, 0.25) is 0 Å². The topological polar surface area (TPSA) is 38.5 Å². The average Bonchev–Trinajstić information content (AvgIpc) is 3.25. The SMILES string of the molecule is CN1CCOc2ccc(C3(C4(N)CC4)CC3)cc21. The summed E-state index contributed by atoms with van der Waals surface area (Å²) in [5, 5.41) is 0. The van der Waals surface area contributed by atoms with Gasteiger partial charge in [0, 0.05) is 18.0 Å². The smallest absolute Gasteiger partial charge is 0.142 e. The van der Waals surface area contributed by atoms with Gasteiger partial charge in [0.15, 0.2) is 0 Å². The Bertz CT molecular complexity index is 503. The van der Waals surface area contributed by atoms with E-state index in [1.54, 1.807) is 0 Å². The largest absolute Gasteiger partial charge is 0.490 e. The zero-order chi connectivity index (χ0) is 12.4. The number of likely N-dealkylation sites (N-methyl/N-ethyl adjacent to an activating group) is 1. The molecule has 4 rings (SSSR count). The first-order valence-electron chi connectivity index (χ1n) is 6.92. The van der Waals surface area contributed by atoms with Gasteiger partial charge in [-0.25, -0.2) is 0 Å². The molecule has 3 heteroatoms. The van der Waals surface area contributed by atoms with Crippen LogP contribution in [-0.2, 0) is 5.41 Å². The van der Waals surface area contributed by atoms with Crippen molar-refractivity contribution in [2.75, 3.05) is 25.1 Å². The minimum atomic E-state index is 0.0926. The molecule has 0 amide bonds. The van der Waals surface area contributed by atoms with Crippen LogP contribution < -0.4 is 15.4 Å². The van der Waals surface area contributed by atoms with Crippen LogP contribution in [0.2, 0.25) is 0 Å². The minimum Gasteiger partial charge on any atom is -0.490 e. The van der Waals surface area contributed by atoms with E-state index in [0.717, 1.165) is 18.9 Å². The number of ether oxygens (including phenoxy) is 1. The molecule has 1 aliphatic heterocycles. The maximum atomic E-state index is 6.48. The lowest BCUT2D eigenvalue weighted by Crippen LogP contribution is -2.37. The predicted molar refractivity (Wildman–Crippen MR) is 72.3 cm³/mol. The maximum absolute atomic E-state index is 6.48. The van der Waals surface area contributed by atoms with Crippen molar-refractivity contribution in [3.05, 3.63) is 23.8 Å². The van der Waals surface area contributed by atoms with E-state index in [0.29, 0.717) is 0 Å². The molecule has 3 nitrogen and oxygen atoms in total. The molecule has 2 N–H and O–H groups in total. The number of fused-ring (bicyclic) bond motifs is 1. The molecular formula is C15H20N2O. The van der Waals surface area contributed by atoms with Gasteiger partial charge in [-0.15, -0.1) is 0 Å². The summed E-state index contributed by atoms with van der Waals surface area (Å²) in [6, 6.07) is 6.68. The standard InChI is InChI=1S/C15H20N2O/c1-17-8-9-18-13-3-2-11(10-12(13)17)14(4-5-14)15(16)6-7-15/h2-3,10H,4-9,16H2,1H3. The molecule has 0 saturated heterocycles. The van der Waals surface area contributed by atoms with Crippen molar-refractivity contribution in [3.63, 3.8) is 0 Å². The number of rotatable bonds is 2. The molecule has 18 heavy (non-hydrogen) atoms. The van der Waals surface area contributed by atoms with E-state index in [4.69, 9.17) is 10.5 Å². The van der Waals surface area contributed by atoms with Crippen LogP contribution in [0.25, 0.3) is 0 Å². The van der Waals surface area contributed by atoms with Crippen molar-refractivity contribution in [3.8, 4) is 5.75 Å². The van der Waals surface area contributed by atoms with Crippen LogP contribution in [-0.4, -0.2) is 25.7 Å². The van der Waals surface area contributed by atoms with Crippen molar-refractivity contribution in [2.45, 2.75) is 36.6 Å². The van der Waals surface area contributed by atoms with E-state index < -0.39 is 0 Å². The Labute approximate surface area is 108 Å². The molecule has 0 atom stereocenters. The Hall–Kier alpha value is -1.22. The second kappa shape index (κ2) is 3.21. The van der Waals surface area contributed by atoms with Gasteiger partial charge in [-0.1, -0.05) is 6.07 Å². The molecule has 0 aromatic heterocycles. The van der Waals surface area contributed by atoms with Crippen LogP contribution in [0.15, 0.2) is 18.2 Å². The minimum absolute atomic E-state index is 0.0926. The van der Waals surface area contributed by atoms with Crippen molar-refractivity contribution >= 4 is 5.69 Å². The van der Waals surface area contributed by atoms with Gasteiger partial charge in [-0.05, 0) is 43.4 Å². The highest BCUT2D eigenvalue weighted by molar-refractivity contribution is 5.63. The zero-order valence-electron chi connectivity index (χ0n) is 10.9. The van der Waals surface area contributed by atoms with Gasteiger partial charge in [-0.2, -0.15) is 0 Å². The van der Waals surface area contributed by atoms with E-state index in [9.17, 15) is 0 Å². The summed E-state index contributed by atoms with van der Waals surface area (Å²) in [6.07, 6.45) is 4.90. The number of nitrogens with zero attached hydrogens (tertiary/aromatic N) is 1. The quantitative estimate of drug-likeness (QED) is 0.865. The summed E-state index contributed by atoms with van der Waals surface area (Å²) in [4.78, 5) is 2.29. The van der Waals surface area contributed by atoms with Crippen LogP contribution in [0.5, 0.6) is 5.75 Å². The van der Waals surface area contributed by atoms with Gasteiger partial charge in [-0.3, -0.25) is 0 Å². The van der Waals surface area contributed by atoms with Crippen molar-refractivity contribution in [1.82, 2.24) is 0 Å². The van der Waals surface area contributed by atoms with Crippen LogP contribution >= 0.6 is 0 Å². The first-order chi connectivity index (χ1) is 8.65. The van der Waals surface area contributed by atoms with Crippen LogP contribution in [0, 0.1) is 0 Å². The van der Waals surface area contributed by atoms with Gasteiger partial charge < -0.3 is 15.4 Å². The zero-order valence-corrected chi connectivity index (χ0v) is 10.9. The van der Waals surface area contributed by atoms with Crippen LogP contribution in [0.4, 0.5) is 5.69 Å². The third kappa shape index (κ3) is 1.28. The lowest BCUT2D eigenvalue weighted by molar-refractivity contribution is 0.311. The van der Waals surface area contributed by atoms with Gasteiger partial charge in [0.05, 0.1) is 12.2 Å². The third-order valence-corrected chi connectivity index (χ3v) is 5.10. The first-order valence-corrected chi connectivity index (χ1v) is 6.92. The number of hydrogen-bond acceptors (Lipinski definition) is 3. The normalized spacial score (nSPS) is 26.2. The monoisotopic (exact) mass is 244 g/mol. The molecule has 2 aliphatic carbocycles. The lowest BCUT2D eigenvalue weighted by atomic mass is 9.86. The van der Waals surface area contributed by atoms with Gasteiger partial charge >= 0.3 is 0 Å². The Morgan fingerprint density at radius 3 is 2.67 bits per heavy atom. The molecule has 1 aromatic carbocycles. The highest BCUT2D eigenvalue weighted by Crippen LogP contribution is 2.64. The predicted octanol–water partition coefficient (Wildman–Crippen LogP) is 2.04. The van der Waals surface area contributed by atoms with Crippen molar-refractivity contribution < 1.29 is 4.74 Å². The van der Waals surface area contributed by atoms with E-state index in [1.807, 2.05) is 0 Å². The second-order valence-corrected chi connectivity index (χ2v) is 6.19. The lowest BCUT2D eigenvalue weighted by Gasteiger charge is -2.30. The third-order valence-electron chi connectivity index (χ3n) is 5.10. The molecule has 0 radical (unpaired) electrons. The Morgan fingerprint density at radius 1 is 1.22 bits per heavy atom. The van der Waals surface area contributed by atoms with Crippen LogP contribution in [0.1, 0.15) is 31.2 Å². The molecule has 0 bridgehead atoms. The highest BCUT2D eigenvalue weighted by atomic mass is 16.5. The van der Waals surface area contributed by atoms with Gasteiger partial charge in [0.25, 0.3) is 0 Å². The summed E-state index contributed by atoms with van der Waals surface area (Å²) in [5.41, 5.74) is 9.52. The van der Waals surface area contributed by atoms with Crippen molar-refractivity contribution in [1.29, 1.82) is 0 Å². The Kier molecular flexibility index (Phi) is 1.90. The van der Waals surface area contributed by atoms with E-state index >= 15 is 0 Å². The average molecular weight is 244 g/mol. The molecule has 1 heterocycles. The molecule has 2 saturated carbocycles. The maximum Gasteiger partial charge on any atom is 0.142 e. The molecular weight excluding hydrogens is 224 g/mol. The number of anilines is 1. The van der Waals surface area contributed by atoms with E-state index in [-0.39, 0.29) is 11.0 Å². The van der Waals surface area contributed by atoms with Gasteiger partial charge in [0.1, 0.15) is 12.4 Å². The molecule has 0 unspecified atom stereocenters. The highest BCUT2D eigenvalue weighted by Gasteiger charge is 2.64. The second-order valence-electron chi connectivity index (χ2n) is 6.19. The first kappa shape index (κ1) is 10.7. The Morgan fingerprint density at radius 2 is 2.00 bits per heavy atom. The summed E-state index contributed by atoms with van der Waals surface area (Å²) in [6.45, 7) is 1.76. The van der Waals surface area contributed by atoms with E-state index in [2.05, 4.69) is 30.1 Å². The molecule has 3 aliphatic rings. The Balaban J connectivity index is 1.77. The van der Waals surface area contributed by atoms with Crippen molar-refractivity contribution in [2.24, 2.45) is 5.73 Å². The molecule has 0 spiro atoms. The number of benzene rings is 1. The fourth-order valence-corrected chi connectivity index (χ4v) is 3.46. The number of hydrogen-bond donors (Lipinski definition) is 1.